The highest BCUT2D eigenvalue weighted by Crippen LogP contribution is 2.20. The van der Waals surface area contributed by atoms with Crippen LogP contribution >= 0.6 is 0 Å². The molecule has 4 nitrogen and oxygen atoms in total. The lowest BCUT2D eigenvalue weighted by Gasteiger charge is -2.32. The van der Waals surface area contributed by atoms with E-state index < -0.39 is 0 Å². The molecule has 0 bridgehead atoms. The molecule has 2 rings (SSSR count). The van der Waals surface area contributed by atoms with Crippen LogP contribution in [0, 0.1) is 18.7 Å². The van der Waals surface area contributed by atoms with Crippen molar-refractivity contribution in [3.63, 3.8) is 0 Å². The van der Waals surface area contributed by atoms with Gasteiger partial charge in [-0.05, 0) is 49.4 Å². The van der Waals surface area contributed by atoms with Crippen molar-refractivity contribution in [3.05, 3.63) is 35.1 Å². The molecule has 0 aromatic heterocycles. The molecule has 1 aliphatic heterocycles. The van der Waals surface area contributed by atoms with E-state index in [9.17, 15) is 14.0 Å². The SMILES string of the molecule is CC(=O)NCC1CCN(C(=O)c2ccc(F)cc2C)CC1. The molecule has 114 valence electrons. The van der Waals surface area contributed by atoms with Crippen molar-refractivity contribution >= 4 is 11.8 Å². The number of aryl methyl sites for hydroxylation is 1. The third-order valence-corrected chi connectivity index (χ3v) is 3.96. The Morgan fingerprint density at radius 3 is 2.57 bits per heavy atom. The van der Waals surface area contributed by atoms with Gasteiger partial charge in [0.25, 0.3) is 5.91 Å². The van der Waals surface area contributed by atoms with E-state index in [0.717, 1.165) is 12.8 Å². The van der Waals surface area contributed by atoms with Crippen LogP contribution in [0.5, 0.6) is 0 Å². The predicted molar refractivity (Wildman–Crippen MR) is 78.4 cm³/mol. The van der Waals surface area contributed by atoms with Crippen LogP contribution in [0.2, 0.25) is 0 Å². The van der Waals surface area contributed by atoms with Crippen LogP contribution < -0.4 is 5.32 Å². The lowest BCUT2D eigenvalue weighted by Crippen LogP contribution is -2.41. The third kappa shape index (κ3) is 4.03. The summed E-state index contributed by atoms with van der Waals surface area (Å²) >= 11 is 0. The normalized spacial score (nSPS) is 15.9. The molecule has 0 radical (unpaired) electrons. The maximum absolute atomic E-state index is 13.1. The summed E-state index contributed by atoms with van der Waals surface area (Å²) in [5, 5.41) is 2.82. The fourth-order valence-corrected chi connectivity index (χ4v) is 2.67. The largest absolute Gasteiger partial charge is 0.356 e. The van der Waals surface area contributed by atoms with Crippen molar-refractivity contribution in [2.24, 2.45) is 5.92 Å². The van der Waals surface area contributed by atoms with Gasteiger partial charge in [0, 0.05) is 32.1 Å². The van der Waals surface area contributed by atoms with E-state index in [1.54, 1.807) is 13.0 Å². The van der Waals surface area contributed by atoms with Crippen LogP contribution in [0.1, 0.15) is 35.7 Å². The maximum Gasteiger partial charge on any atom is 0.254 e. The summed E-state index contributed by atoms with van der Waals surface area (Å²) in [6.45, 7) is 5.29. The Bertz CT molecular complexity index is 537. The van der Waals surface area contributed by atoms with Gasteiger partial charge >= 0.3 is 0 Å². The van der Waals surface area contributed by atoms with Crippen molar-refractivity contribution in [3.8, 4) is 0 Å². The molecule has 0 unspecified atom stereocenters. The predicted octanol–water partition coefficient (Wildman–Crippen LogP) is 2.12. The van der Waals surface area contributed by atoms with Gasteiger partial charge in [-0.15, -0.1) is 0 Å². The van der Waals surface area contributed by atoms with Gasteiger partial charge in [-0.25, -0.2) is 4.39 Å². The van der Waals surface area contributed by atoms with Crippen LogP contribution in [-0.2, 0) is 4.79 Å². The van der Waals surface area contributed by atoms with Gasteiger partial charge in [0.05, 0.1) is 0 Å². The van der Waals surface area contributed by atoms with Crippen LogP contribution in [0.4, 0.5) is 4.39 Å². The zero-order valence-corrected chi connectivity index (χ0v) is 12.5. The van der Waals surface area contributed by atoms with Gasteiger partial charge in [0.15, 0.2) is 0 Å². The summed E-state index contributed by atoms with van der Waals surface area (Å²) in [6.07, 6.45) is 1.76. The molecule has 0 atom stereocenters. The van der Waals surface area contributed by atoms with Crippen LogP contribution in [0.25, 0.3) is 0 Å². The molecular weight excluding hydrogens is 271 g/mol. The average molecular weight is 292 g/mol. The Kier molecular flexibility index (Phi) is 4.94. The summed E-state index contributed by atoms with van der Waals surface area (Å²) in [4.78, 5) is 25.2. The molecule has 1 fully saturated rings. The third-order valence-electron chi connectivity index (χ3n) is 3.96. The number of nitrogens with zero attached hydrogens (tertiary/aromatic N) is 1. The van der Waals surface area contributed by atoms with E-state index in [0.29, 0.717) is 36.7 Å². The number of hydrogen-bond acceptors (Lipinski definition) is 2. The number of amides is 2. The molecule has 1 aromatic rings. The van der Waals surface area contributed by atoms with Gasteiger partial charge in [0.2, 0.25) is 5.91 Å². The van der Waals surface area contributed by atoms with Crippen molar-refractivity contribution in [1.29, 1.82) is 0 Å². The van der Waals surface area contributed by atoms with Crippen molar-refractivity contribution in [2.45, 2.75) is 26.7 Å². The van der Waals surface area contributed by atoms with Gasteiger partial charge in [0.1, 0.15) is 5.82 Å². The van der Waals surface area contributed by atoms with E-state index in [4.69, 9.17) is 0 Å². The maximum atomic E-state index is 13.1. The van der Waals surface area contributed by atoms with Crippen LogP contribution in [0.15, 0.2) is 18.2 Å². The second-order valence-corrected chi connectivity index (χ2v) is 5.63. The number of carbonyl (C=O) groups excluding carboxylic acids is 2. The summed E-state index contributed by atoms with van der Waals surface area (Å²) in [6, 6.07) is 4.26. The number of rotatable bonds is 3. The lowest BCUT2D eigenvalue weighted by molar-refractivity contribution is -0.119. The molecule has 1 saturated heterocycles. The summed E-state index contributed by atoms with van der Waals surface area (Å²) in [5.74, 6) is 0.0475. The smallest absolute Gasteiger partial charge is 0.254 e. The van der Waals surface area contributed by atoms with Gasteiger partial charge < -0.3 is 10.2 Å². The number of nitrogens with one attached hydrogen (secondary N) is 1. The Morgan fingerprint density at radius 1 is 1.33 bits per heavy atom. The number of piperidine rings is 1. The fourth-order valence-electron chi connectivity index (χ4n) is 2.67. The van der Waals surface area contributed by atoms with Crippen LogP contribution in [-0.4, -0.2) is 36.3 Å². The lowest BCUT2D eigenvalue weighted by atomic mass is 9.96. The molecular formula is C16H21FN2O2. The first kappa shape index (κ1) is 15.5. The molecule has 1 N–H and O–H groups in total. The van der Waals surface area contributed by atoms with Gasteiger partial charge in [-0.3, -0.25) is 9.59 Å². The fraction of sp³-hybridized carbons (Fsp3) is 0.500. The number of benzene rings is 1. The van der Waals surface area contributed by atoms with E-state index in [-0.39, 0.29) is 17.6 Å². The second-order valence-electron chi connectivity index (χ2n) is 5.63. The minimum absolute atomic E-state index is 0.0181. The second kappa shape index (κ2) is 6.70. The monoisotopic (exact) mass is 292 g/mol. The molecule has 1 aromatic carbocycles. The summed E-state index contributed by atoms with van der Waals surface area (Å²) < 4.78 is 13.1. The van der Waals surface area contributed by atoms with E-state index in [1.165, 1.54) is 19.1 Å². The summed E-state index contributed by atoms with van der Waals surface area (Å²) in [7, 11) is 0. The standard InChI is InChI=1S/C16H21FN2O2/c1-11-9-14(17)3-4-15(11)16(21)19-7-5-13(6-8-19)10-18-12(2)20/h3-4,9,13H,5-8,10H2,1-2H3,(H,18,20). The molecule has 1 aliphatic rings. The van der Waals surface area contributed by atoms with Crippen molar-refractivity contribution in [2.75, 3.05) is 19.6 Å². The Morgan fingerprint density at radius 2 is 2.00 bits per heavy atom. The van der Waals surface area contributed by atoms with E-state index >= 15 is 0 Å². The first-order valence-electron chi connectivity index (χ1n) is 7.27. The molecule has 0 spiro atoms. The minimum atomic E-state index is -0.321. The highest BCUT2D eigenvalue weighted by molar-refractivity contribution is 5.95. The molecule has 0 aliphatic carbocycles. The Balaban J connectivity index is 1.92. The minimum Gasteiger partial charge on any atom is -0.356 e. The molecule has 0 saturated carbocycles. The summed E-state index contributed by atoms with van der Waals surface area (Å²) in [5.41, 5.74) is 1.23. The first-order chi connectivity index (χ1) is 9.97. The molecule has 5 heteroatoms. The average Bonchev–Trinajstić information content (AvgIpc) is 2.45. The Labute approximate surface area is 124 Å². The quantitative estimate of drug-likeness (QED) is 0.927. The van der Waals surface area contributed by atoms with Crippen LogP contribution in [0.3, 0.4) is 0 Å². The van der Waals surface area contributed by atoms with Crippen molar-refractivity contribution < 1.29 is 14.0 Å². The van der Waals surface area contributed by atoms with E-state index in [1.807, 2.05) is 4.90 Å². The zero-order valence-electron chi connectivity index (χ0n) is 12.5. The number of halogens is 1. The highest BCUT2D eigenvalue weighted by Gasteiger charge is 2.24. The number of hydrogen-bond donors (Lipinski definition) is 1. The van der Waals surface area contributed by atoms with Crippen molar-refractivity contribution in [1.82, 2.24) is 10.2 Å². The molecule has 1 heterocycles. The first-order valence-corrected chi connectivity index (χ1v) is 7.27. The topological polar surface area (TPSA) is 49.4 Å². The number of likely N-dealkylation sites (tertiary alicyclic amines) is 1. The zero-order chi connectivity index (χ0) is 15.4. The van der Waals surface area contributed by atoms with Gasteiger partial charge in [-0.1, -0.05) is 0 Å². The Hall–Kier alpha value is -1.91. The van der Waals surface area contributed by atoms with E-state index in [2.05, 4.69) is 5.32 Å². The number of carbonyl (C=O) groups is 2. The van der Waals surface area contributed by atoms with Gasteiger partial charge in [-0.2, -0.15) is 0 Å². The molecule has 2 amide bonds. The molecule has 21 heavy (non-hydrogen) atoms. The highest BCUT2D eigenvalue weighted by atomic mass is 19.1.